The van der Waals surface area contributed by atoms with Gasteiger partial charge in [0.2, 0.25) is 0 Å². The van der Waals surface area contributed by atoms with Crippen LogP contribution in [0.3, 0.4) is 0 Å². The molecule has 0 fully saturated rings. The summed E-state index contributed by atoms with van der Waals surface area (Å²) in [5.74, 6) is 0. The third-order valence-corrected chi connectivity index (χ3v) is 8.83. The first kappa shape index (κ1) is 8.72. The molecule has 74 valence electrons. The molecule has 0 aromatic heterocycles. The van der Waals surface area contributed by atoms with E-state index >= 15 is 0 Å². The van der Waals surface area contributed by atoms with Gasteiger partial charge >= 0.3 is 0 Å². The minimum Gasteiger partial charge on any atom is -0.0652 e. The molecule has 0 saturated carbocycles. The Morgan fingerprint density at radius 2 is 1.79 bits per heavy atom. The predicted molar refractivity (Wildman–Crippen MR) is 64.1 cm³/mol. The van der Waals surface area contributed by atoms with E-state index in [9.17, 15) is 0 Å². The van der Waals surface area contributed by atoms with Gasteiger partial charge in [0.1, 0.15) is 0 Å². The molecule has 2 aliphatic rings. The first-order chi connectivity index (χ1) is 6.69. The summed E-state index contributed by atoms with van der Waals surface area (Å²) >= 11 is 0. The number of hydrogen-bond acceptors (Lipinski definition) is 0. The third kappa shape index (κ3) is 1.05. The van der Waals surface area contributed by atoms with Gasteiger partial charge in [-0.25, -0.2) is 0 Å². The molecule has 1 unspecified atom stereocenters. The molecular weight excluding hydrogens is 184 g/mol. The smallest absolute Gasteiger partial charge is 0.0652 e. The maximum atomic E-state index is 2.61. The Morgan fingerprint density at radius 3 is 2.57 bits per heavy atom. The topological polar surface area (TPSA) is 0 Å². The van der Waals surface area contributed by atoms with Crippen LogP contribution < -0.4 is 5.19 Å². The maximum Gasteiger partial charge on any atom is 0.0847 e. The van der Waals surface area contributed by atoms with Crippen LogP contribution in [0.4, 0.5) is 0 Å². The van der Waals surface area contributed by atoms with Crippen molar-refractivity contribution in [3.8, 4) is 0 Å². The van der Waals surface area contributed by atoms with Crippen LogP contribution in [0.15, 0.2) is 12.1 Å². The van der Waals surface area contributed by atoms with Gasteiger partial charge < -0.3 is 0 Å². The Bertz CT molecular complexity index is 394. The Labute approximate surface area is 87.4 Å². The SMILES string of the molecule is Cc1cc2c3c(c1)CC[Si]3(C)CCC2. The second-order valence-corrected chi connectivity index (χ2v) is 9.99. The van der Waals surface area contributed by atoms with E-state index in [0.717, 1.165) is 0 Å². The molecule has 1 aromatic carbocycles. The molecule has 2 heterocycles. The van der Waals surface area contributed by atoms with Crippen molar-refractivity contribution in [3.63, 3.8) is 0 Å². The van der Waals surface area contributed by atoms with Crippen LogP contribution in [0.25, 0.3) is 0 Å². The molecule has 0 nitrogen and oxygen atoms in total. The minimum absolute atomic E-state index is 0.962. The van der Waals surface area contributed by atoms with Crippen LogP contribution in [-0.4, -0.2) is 8.07 Å². The van der Waals surface area contributed by atoms with E-state index in [1.807, 2.05) is 5.19 Å². The van der Waals surface area contributed by atoms with Gasteiger partial charge in [0.05, 0.1) is 8.07 Å². The lowest BCUT2D eigenvalue weighted by molar-refractivity contribution is 0.886. The largest absolute Gasteiger partial charge is 0.0847 e. The number of aryl methyl sites for hydroxylation is 3. The van der Waals surface area contributed by atoms with Gasteiger partial charge in [-0.05, 0) is 36.9 Å². The van der Waals surface area contributed by atoms with Crippen LogP contribution in [0.5, 0.6) is 0 Å². The molecule has 2 aliphatic heterocycles. The fourth-order valence-corrected chi connectivity index (χ4v) is 8.04. The molecule has 0 N–H and O–H groups in total. The molecule has 3 rings (SSSR count). The second-order valence-electron chi connectivity index (χ2n) is 5.37. The molecule has 0 bridgehead atoms. The summed E-state index contributed by atoms with van der Waals surface area (Å²) in [6, 6.07) is 7.98. The highest BCUT2D eigenvalue weighted by molar-refractivity contribution is 6.92. The van der Waals surface area contributed by atoms with Crippen molar-refractivity contribution in [2.45, 2.75) is 44.8 Å². The molecule has 0 saturated heterocycles. The molecule has 1 heteroatoms. The highest BCUT2D eigenvalue weighted by atomic mass is 28.3. The van der Waals surface area contributed by atoms with E-state index in [4.69, 9.17) is 0 Å². The fraction of sp³-hybridized carbons (Fsp3) is 0.538. The van der Waals surface area contributed by atoms with Crippen molar-refractivity contribution in [1.82, 2.24) is 0 Å². The highest BCUT2D eigenvalue weighted by Gasteiger charge is 2.40. The van der Waals surface area contributed by atoms with Gasteiger partial charge in [-0.15, -0.1) is 0 Å². The summed E-state index contributed by atoms with van der Waals surface area (Å²) in [5.41, 5.74) is 4.92. The minimum atomic E-state index is -0.962. The van der Waals surface area contributed by atoms with Crippen LogP contribution in [0.2, 0.25) is 18.6 Å². The Kier molecular flexibility index (Phi) is 1.70. The molecule has 0 aliphatic carbocycles. The number of rotatable bonds is 0. The number of benzene rings is 1. The second kappa shape index (κ2) is 2.72. The molecule has 1 atom stereocenters. The monoisotopic (exact) mass is 202 g/mol. The Balaban J connectivity index is 2.28. The van der Waals surface area contributed by atoms with Gasteiger partial charge in [-0.2, -0.15) is 0 Å². The third-order valence-electron chi connectivity index (χ3n) is 4.17. The van der Waals surface area contributed by atoms with Crippen LogP contribution in [0, 0.1) is 6.92 Å². The lowest BCUT2D eigenvalue weighted by Crippen LogP contribution is -2.46. The quantitative estimate of drug-likeness (QED) is 0.568. The Morgan fingerprint density at radius 1 is 1.07 bits per heavy atom. The van der Waals surface area contributed by atoms with E-state index in [1.54, 1.807) is 17.2 Å². The summed E-state index contributed by atoms with van der Waals surface area (Å²) in [6.07, 6.45) is 4.19. The first-order valence-electron chi connectivity index (χ1n) is 5.82. The molecule has 0 spiro atoms. The summed E-state index contributed by atoms with van der Waals surface area (Å²) in [6.45, 7) is 4.86. The van der Waals surface area contributed by atoms with Gasteiger partial charge in [0, 0.05) is 0 Å². The summed E-state index contributed by atoms with van der Waals surface area (Å²) in [4.78, 5) is 0. The zero-order chi connectivity index (χ0) is 9.76. The molecule has 14 heavy (non-hydrogen) atoms. The predicted octanol–water partition coefficient (Wildman–Crippen LogP) is 2.78. The molecular formula is C13H18Si. The van der Waals surface area contributed by atoms with Gasteiger partial charge in [-0.1, -0.05) is 41.9 Å². The van der Waals surface area contributed by atoms with E-state index < -0.39 is 8.07 Å². The maximum absolute atomic E-state index is 2.61. The lowest BCUT2D eigenvalue weighted by atomic mass is 10.0. The zero-order valence-corrected chi connectivity index (χ0v) is 10.2. The van der Waals surface area contributed by atoms with Crippen LogP contribution in [-0.2, 0) is 12.8 Å². The average Bonchev–Trinajstić information content (AvgIpc) is 2.45. The highest BCUT2D eigenvalue weighted by Crippen LogP contribution is 2.34. The average molecular weight is 202 g/mol. The summed E-state index contributed by atoms with van der Waals surface area (Å²) < 4.78 is 0. The Hall–Kier alpha value is -0.563. The molecule has 0 radical (unpaired) electrons. The van der Waals surface area contributed by atoms with Crippen molar-refractivity contribution >= 4 is 13.3 Å². The zero-order valence-electron chi connectivity index (χ0n) is 9.19. The van der Waals surface area contributed by atoms with Gasteiger partial charge in [0.25, 0.3) is 0 Å². The normalized spacial score (nSPS) is 29.0. The first-order valence-corrected chi connectivity index (χ1v) is 8.73. The van der Waals surface area contributed by atoms with Gasteiger partial charge in [-0.3, -0.25) is 0 Å². The van der Waals surface area contributed by atoms with E-state index in [0.29, 0.717) is 0 Å². The molecule has 0 amide bonds. The van der Waals surface area contributed by atoms with Crippen molar-refractivity contribution in [1.29, 1.82) is 0 Å². The standard InChI is InChI=1S/C13H18Si/c1-10-8-11-4-3-6-14(2)7-5-12(9-10)13(11)14/h8-9H,3-7H2,1-2H3. The van der Waals surface area contributed by atoms with Crippen molar-refractivity contribution in [2.75, 3.05) is 0 Å². The van der Waals surface area contributed by atoms with E-state index in [1.165, 1.54) is 30.9 Å². The van der Waals surface area contributed by atoms with E-state index in [-0.39, 0.29) is 0 Å². The molecule has 1 aromatic rings. The van der Waals surface area contributed by atoms with Crippen LogP contribution >= 0.6 is 0 Å². The van der Waals surface area contributed by atoms with Crippen molar-refractivity contribution < 1.29 is 0 Å². The summed E-state index contributed by atoms with van der Waals surface area (Å²) in [7, 11) is -0.962. The van der Waals surface area contributed by atoms with E-state index in [2.05, 4.69) is 25.6 Å². The lowest BCUT2D eigenvalue weighted by Gasteiger charge is -2.30. The van der Waals surface area contributed by atoms with Gasteiger partial charge in [0.15, 0.2) is 0 Å². The number of hydrogen-bond donors (Lipinski definition) is 0. The summed E-state index contributed by atoms with van der Waals surface area (Å²) in [5, 5.41) is 1.87. The van der Waals surface area contributed by atoms with Crippen molar-refractivity contribution in [3.05, 3.63) is 28.8 Å². The van der Waals surface area contributed by atoms with Crippen LogP contribution in [0.1, 0.15) is 23.1 Å². The van der Waals surface area contributed by atoms with Crippen molar-refractivity contribution in [2.24, 2.45) is 0 Å². The fourth-order valence-electron chi connectivity index (χ4n) is 3.57.